The van der Waals surface area contributed by atoms with Crippen molar-refractivity contribution in [1.29, 1.82) is 0 Å². The molecule has 1 aliphatic heterocycles. The zero-order chi connectivity index (χ0) is 8.27. The fourth-order valence-corrected chi connectivity index (χ4v) is 1.60. The smallest absolute Gasteiger partial charge is 0.0694 e. The maximum Gasteiger partial charge on any atom is 0.0694 e. The molecule has 0 aromatic rings. The third-order valence-corrected chi connectivity index (χ3v) is 2.27. The van der Waals surface area contributed by atoms with Crippen LogP contribution in [-0.2, 0) is 0 Å². The van der Waals surface area contributed by atoms with Gasteiger partial charge in [-0.15, -0.1) is 0 Å². The number of hydrogen-bond acceptors (Lipinski definition) is 3. The standard InChI is InChI=1S/C8H18N2O/c1-3-9(4-2)10-6-5-8(11)7-10/h8,11H,3-7H2,1-2H3. The summed E-state index contributed by atoms with van der Waals surface area (Å²) in [4.78, 5) is 0. The third-order valence-electron chi connectivity index (χ3n) is 2.27. The highest BCUT2D eigenvalue weighted by Crippen LogP contribution is 2.10. The summed E-state index contributed by atoms with van der Waals surface area (Å²) in [6.45, 7) is 8.22. The number of hydrogen-bond donors (Lipinski definition) is 1. The quantitative estimate of drug-likeness (QED) is 0.640. The Hall–Kier alpha value is -0.120. The van der Waals surface area contributed by atoms with E-state index in [-0.39, 0.29) is 6.10 Å². The average molecular weight is 158 g/mol. The monoisotopic (exact) mass is 158 g/mol. The van der Waals surface area contributed by atoms with E-state index in [4.69, 9.17) is 0 Å². The lowest BCUT2D eigenvalue weighted by molar-refractivity contribution is -0.00378. The van der Waals surface area contributed by atoms with E-state index in [2.05, 4.69) is 23.9 Å². The van der Waals surface area contributed by atoms with E-state index in [0.717, 1.165) is 32.6 Å². The van der Waals surface area contributed by atoms with E-state index in [0.29, 0.717) is 0 Å². The molecule has 1 saturated heterocycles. The van der Waals surface area contributed by atoms with Crippen molar-refractivity contribution in [3.05, 3.63) is 0 Å². The number of aliphatic hydroxyl groups is 1. The molecule has 1 rings (SSSR count). The van der Waals surface area contributed by atoms with E-state index in [1.54, 1.807) is 0 Å². The minimum Gasteiger partial charge on any atom is -0.392 e. The van der Waals surface area contributed by atoms with Gasteiger partial charge < -0.3 is 5.11 Å². The van der Waals surface area contributed by atoms with Crippen LogP contribution >= 0.6 is 0 Å². The highest BCUT2D eigenvalue weighted by atomic mass is 16.3. The number of aliphatic hydroxyl groups excluding tert-OH is 1. The Labute approximate surface area is 68.6 Å². The largest absolute Gasteiger partial charge is 0.392 e. The molecule has 1 N–H and O–H groups in total. The molecule has 0 aromatic heterocycles. The van der Waals surface area contributed by atoms with Crippen LogP contribution in [0.25, 0.3) is 0 Å². The lowest BCUT2D eigenvalue weighted by Crippen LogP contribution is -2.41. The van der Waals surface area contributed by atoms with Gasteiger partial charge in [-0.2, -0.15) is 0 Å². The molecule has 0 radical (unpaired) electrons. The Morgan fingerprint density at radius 3 is 2.45 bits per heavy atom. The number of β-amino-alcohol motifs (C(OH)–C–C–N with tert-alkyl or cyclic N) is 1. The summed E-state index contributed by atoms with van der Waals surface area (Å²) < 4.78 is 0. The van der Waals surface area contributed by atoms with E-state index in [1.807, 2.05) is 0 Å². The fraction of sp³-hybridized carbons (Fsp3) is 1.00. The minimum atomic E-state index is -0.101. The molecular formula is C8H18N2O. The maximum atomic E-state index is 9.27. The van der Waals surface area contributed by atoms with Gasteiger partial charge in [-0.25, -0.2) is 10.0 Å². The summed E-state index contributed by atoms with van der Waals surface area (Å²) >= 11 is 0. The molecule has 1 heterocycles. The first-order valence-electron chi connectivity index (χ1n) is 4.45. The summed E-state index contributed by atoms with van der Waals surface area (Å²) in [6.07, 6.45) is 0.826. The second kappa shape index (κ2) is 4.04. The zero-order valence-electron chi connectivity index (χ0n) is 7.45. The van der Waals surface area contributed by atoms with Crippen molar-refractivity contribution in [3.8, 4) is 0 Å². The predicted octanol–water partition coefficient (Wildman–Crippen LogP) is 0.310. The van der Waals surface area contributed by atoms with Gasteiger partial charge in [0.1, 0.15) is 0 Å². The van der Waals surface area contributed by atoms with E-state index in [1.165, 1.54) is 0 Å². The lowest BCUT2D eigenvalue weighted by Gasteiger charge is -2.29. The van der Waals surface area contributed by atoms with Gasteiger partial charge in [0, 0.05) is 26.2 Å². The molecule has 0 saturated carbocycles. The Balaban J connectivity index is 2.34. The molecule has 0 amide bonds. The van der Waals surface area contributed by atoms with Crippen LogP contribution < -0.4 is 0 Å². The number of rotatable bonds is 3. The molecule has 3 heteroatoms. The molecule has 0 aromatic carbocycles. The van der Waals surface area contributed by atoms with Crippen molar-refractivity contribution in [2.45, 2.75) is 26.4 Å². The normalized spacial score (nSPS) is 26.7. The maximum absolute atomic E-state index is 9.27. The molecular weight excluding hydrogens is 140 g/mol. The summed E-state index contributed by atoms with van der Waals surface area (Å²) in [5.74, 6) is 0. The molecule has 1 unspecified atom stereocenters. The predicted molar refractivity (Wildman–Crippen MR) is 45.1 cm³/mol. The van der Waals surface area contributed by atoms with Crippen molar-refractivity contribution in [2.24, 2.45) is 0 Å². The van der Waals surface area contributed by atoms with Crippen LogP contribution in [0.15, 0.2) is 0 Å². The Morgan fingerprint density at radius 2 is 2.09 bits per heavy atom. The molecule has 1 atom stereocenters. The molecule has 1 fully saturated rings. The first-order valence-corrected chi connectivity index (χ1v) is 4.45. The van der Waals surface area contributed by atoms with Gasteiger partial charge in [0.15, 0.2) is 0 Å². The first kappa shape index (κ1) is 8.97. The van der Waals surface area contributed by atoms with Crippen LogP contribution in [0.4, 0.5) is 0 Å². The van der Waals surface area contributed by atoms with E-state index in [9.17, 15) is 5.11 Å². The Kier molecular flexibility index (Phi) is 3.30. The van der Waals surface area contributed by atoms with Gasteiger partial charge in [-0.05, 0) is 6.42 Å². The molecule has 1 aliphatic rings. The highest BCUT2D eigenvalue weighted by Gasteiger charge is 2.23. The Bertz CT molecular complexity index is 115. The van der Waals surface area contributed by atoms with Crippen LogP contribution in [0.1, 0.15) is 20.3 Å². The van der Waals surface area contributed by atoms with Crippen molar-refractivity contribution >= 4 is 0 Å². The lowest BCUT2D eigenvalue weighted by atomic mass is 10.3. The molecule has 0 aliphatic carbocycles. The van der Waals surface area contributed by atoms with Crippen LogP contribution in [-0.4, -0.2) is 47.4 Å². The first-order chi connectivity index (χ1) is 5.27. The number of hydrazine groups is 1. The molecule has 11 heavy (non-hydrogen) atoms. The third kappa shape index (κ3) is 2.15. The Morgan fingerprint density at radius 1 is 1.45 bits per heavy atom. The van der Waals surface area contributed by atoms with Crippen molar-refractivity contribution in [3.63, 3.8) is 0 Å². The van der Waals surface area contributed by atoms with E-state index < -0.39 is 0 Å². The van der Waals surface area contributed by atoms with Crippen LogP contribution in [0.3, 0.4) is 0 Å². The van der Waals surface area contributed by atoms with Crippen LogP contribution in [0.5, 0.6) is 0 Å². The van der Waals surface area contributed by atoms with Crippen LogP contribution in [0, 0.1) is 0 Å². The van der Waals surface area contributed by atoms with Crippen molar-refractivity contribution < 1.29 is 5.11 Å². The minimum absolute atomic E-state index is 0.101. The SMILES string of the molecule is CCN(CC)N1CCC(O)C1. The van der Waals surface area contributed by atoms with Gasteiger partial charge in [0.2, 0.25) is 0 Å². The number of nitrogens with zero attached hydrogens (tertiary/aromatic N) is 2. The topological polar surface area (TPSA) is 26.7 Å². The summed E-state index contributed by atoms with van der Waals surface area (Å²) in [6, 6.07) is 0. The van der Waals surface area contributed by atoms with Gasteiger partial charge in [0.25, 0.3) is 0 Å². The van der Waals surface area contributed by atoms with E-state index >= 15 is 0 Å². The summed E-state index contributed by atoms with van der Waals surface area (Å²) in [5.41, 5.74) is 0. The summed E-state index contributed by atoms with van der Waals surface area (Å²) in [7, 11) is 0. The summed E-state index contributed by atoms with van der Waals surface area (Å²) in [5, 5.41) is 13.8. The van der Waals surface area contributed by atoms with Gasteiger partial charge in [0.05, 0.1) is 6.10 Å². The molecule has 66 valence electrons. The van der Waals surface area contributed by atoms with Crippen LogP contribution in [0.2, 0.25) is 0 Å². The van der Waals surface area contributed by atoms with Crippen molar-refractivity contribution in [2.75, 3.05) is 26.2 Å². The van der Waals surface area contributed by atoms with Gasteiger partial charge >= 0.3 is 0 Å². The second-order valence-corrected chi connectivity index (χ2v) is 2.99. The molecule has 0 spiro atoms. The van der Waals surface area contributed by atoms with Gasteiger partial charge in [-0.3, -0.25) is 0 Å². The molecule has 3 nitrogen and oxygen atoms in total. The van der Waals surface area contributed by atoms with Gasteiger partial charge in [-0.1, -0.05) is 13.8 Å². The average Bonchev–Trinajstić information content (AvgIpc) is 2.39. The highest BCUT2D eigenvalue weighted by molar-refractivity contribution is 4.72. The molecule has 0 bridgehead atoms. The fourth-order valence-electron chi connectivity index (χ4n) is 1.60. The second-order valence-electron chi connectivity index (χ2n) is 2.99. The zero-order valence-corrected chi connectivity index (χ0v) is 7.45. The van der Waals surface area contributed by atoms with Crippen molar-refractivity contribution in [1.82, 2.24) is 10.0 Å².